The van der Waals surface area contributed by atoms with Crippen LogP contribution in [0.5, 0.6) is 0 Å². The average molecular weight is 541 g/mol. The van der Waals surface area contributed by atoms with Gasteiger partial charge in [-0.05, 0) is 39.0 Å². The van der Waals surface area contributed by atoms with Crippen LogP contribution < -0.4 is 16.4 Å². The van der Waals surface area contributed by atoms with Gasteiger partial charge in [-0.2, -0.15) is 13.2 Å². The van der Waals surface area contributed by atoms with E-state index < -0.39 is 11.7 Å². The molecule has 2 heterocycles. The Balaban J connectivity index is 0.00000352. The van der Waals surface area contributed by atoms with Gasteiger partial charge in [0.25, 0.3) is 0 Å². The molecule has 0 aliphatic carbocycles. The second-order valence-electron chi connectivity index (χ2n) is 9.32. The number of halogens is 3. The van der Waals surface area contributed by atoms with Gasteiger partial charge in [0.1, 0.15) is 5.84 Å². The van der Waals surface area contributed by atoms with Gasteiger partial charge in [0.15, 0.2) is 5.82 Å². The smallest absolute Gasteiger partial charge is 0.388 e. The summed E-state index contributed by atoms with van der Waals surface area (Å²) in [7, 11) is 0. The predicted molar refractivity (Wildman–Crippen MR) is 151 cm³/mol. The van der Waals surface area contributed by atoms with Crippen LogP contribution in [0.1, 0.15) is 98.0 Å². The van der Waals surface area contributed by atoms with Gasteiger partial charge in [-0.15, -0.1) is 0 Å². The monoisotopic (exact) mass is 540 g/mol. The summed E-state index contributed by atoms with van der Waals surface area (Å²) in [5.41, 5.74) is 5.85. The third-order valence-electron chi connectivity index (χ3n) is 6.25. The number of rotatable bonds is 14. The number of aliphatic imine (C=N–C) groups is 1. The zero-order valence-corrected chi connectivity index (χ0v) is 23.8. The first-order chi connectivity index (χ1) is 18.2. The van der Waals surface area contributed by atoms with Crippen molar-refractivity contribution in [1.29, 1.82) is 0 Å². The molecule has 4 N–H and O–H groups in total. The zero-order chi connectivity index (χ0) is 28.6. The predicted octanol–water partition coefficient (Wildman–Crippen LogP) is 6.78. The van der Waals surface area contributed by atoms with Gasteiger partial charge in [-0.25, -0.2) is 9.98 Å². The lowest BCUT2D eigenvalue weighted by molar-refractivity contribution is -0.137. The first-order valence-electron chi connectivity index (χ1n) is 14.0. The number of alkyl halides is 3. The number of amides is 1. The molecule has 7 nitrogen and oxygen atoms in total. The maximum absolute atomic E-state index is 13.5. The molecule has 0 radical (unpaired) electrons. The summed E-state index contributed by atoms with van der Waals surface area (Å²) in [5, 5.41) is 6.25. The van der Waals surface area contributed by atoms with E-state index in [2.05, 4.69) is 34.5 Å². The molecule has 1 aliphatic heterocycles. The van der Waals surface area contributed by atoms with Crippen LogP contribution in [0.3, 0.4) is 0 Å². The second-order valence-corrected chi connectivity index (χ2v) is 9.32. The van der Waals surface area contributed by atoms with Crippen LogP contribution in [0, 0.1) is 0 Å². The van der Waals surface area contributed by atoms with Crippen molar-refractivity contribution in [2.75, 3.05) is 25.0 Å². The Hall–Kier alpha value is -2.78. The fraction of sp³-hybridized carbons (Fsp3) is 0.679. The fourth-order valence-electron chi connectivity index (χ4n) is 4.11. The number of nitrogens with one attached hydrogen (secondary N) is 2. The summed E-state index contributed by atoms with van der Waals surface area (Å²) >= 11 is 0. The molecule has 1 amide bonds. The van der Waals surface area contributed by atoms with Crippen molar-refractivity contribution in [2.45, 2.75) is 105 Å². The number of piperidine rings is 1. The number of amidine groups is 1. The van der Waals surface area contributed by atoms with Crippen molar-refractivity contribution >= 4 is 23.2 Å². The number of nitrogens with two attached hydrogens (primary N) is 1. The minimum absolute atomic E-state index is 0.0954. The summed E-state index contributed by atoms with van der Waals surface area (Å²) in [5.74, 6) is 0.394. The lowest BCUT2D eigenvalue weighted by Crippen LogP contribution is -2.36. The van der Waals surface area contributed by atoms with Gasteiger partial charge in [0, 0.05) is 56.1 Å². The molecular weight excluding hydrogens is 493 g/mol. The first kappa shape index (κ1) is 33.2. The van der Waals surface area contributed by atoms with Crippen LogP contribution in [0.15, 0.2) is 29.0 Å². The molecule has 38 heavy (non-hydrogen) atoms. The number of hydrogen-bond acceptors (Lipinski definition) is 5. The van der Waals surface area contributed by atoms with Crippen LogP contribution in [-0.4, -0.2) is 47.3 Å². The number of nitrogens with zero attached hydrogens (tertiary/aromatic N) is 3. The van der Waals surface area contributed by atoms with Gasteiger partial charge in [-0.1, -0.05) is 47.0 Å². The van der Waals surface area contributed by atoms with E-state index in [9.17, 15) is 18.0 Å². The highest BCUT2D eigenvalue weighted by Gasteiger charge is 2.34. The highest BCUT2D eigenvalue weighted by molar-refractivity contribution is 5.97. The molecule has 1 aromatic heterocycles. The van der Waals surface area contributed by atoms with E-state index in [0.717, 1.165) is 51.1 Å². The number of pyridine rings is 1. The maximum Gasteiger partial charge on any atom is 0.419 e. The zero-order valence-electron chi connectivity index (χ0n) is 23.8. The first-order valence-corrected chi connectivity index (χ1v) is 14.0. The molecule has 216 valence electrons. The summed E-state index contributed by atoms with van der Waals surface area (Å²) in [6.07, 6.45) is 6.42. The van der Waals surface area contributed by atoms with Crippen LogP contribution in [-0.2, 0) is 11.0 Å². The molecule has 2 rings (SSSR count). The quantitative estimate of drug-likeness (QED) is 0.137. The average Bonchev–Trinajstić information content (AvgIpc) is 2.89. The van der Waals surface area contributed by atoms with E-state index in [1.165, 1.54) is 6.07 Å². The largest absolute Gasteiger partial charge is 0.419 e. The Bertz CT molecular complexity index is 901. The van der Waals surface area contributed by atoms with Crippen LogP contribution in [0.25, 0.3) is 0 Å². The van der Waals surface area contributed by atoms with Crippen molar-refractivity contribution in [3.8, 4) is 0 Å². The molecule has 0 spiro atoms. The van der Waals surface area contributed by atoms with Crippen molar-refractivity contribution in [3.63, 3.8) is 0 Å². The van der Waals surface area contributed by atoms with E-state index in [0.29, 0.717) is 37.5 Å². The number of carbonyl (C=O) groups excluding carboxylic acids is 1. The number of unbranched alkanes of at least 4 members (excludes halogenated alkanes) is 1. The topological polar surface area (TPSA) is 95.6 Å². The molecular formula is C28H47F3N6O. The summed E-state index contributed by atoms with van der Waals surface area (Å²) < 4.78 is 40.6. The van der Waals surface area contributed by atoms with E-state index in [1.54, 1.807) is 11.8 Å². The van der Waals surface area contributed by atoms with Gasteiger partial charge >= 0.3 is 6.18 Å². The van der Waals surface area contributed by atoms with Crippen LogP contribution >= 0.6 is 0 Å². The maximum atomic E-state index is 13.5. The lowest BCUT2D eigenvalue weighted by atomic mass is 10.1. The molecule has 1 atom stereocenters. The van der Waals surface area contributed by atoms with Crippen molar-refractivity contribution < 1.29 is 18.0 Å². The highest BCUT2D eigenvalue weighted by Crippen LogP contribution is 2.35. The molecule has 0 bridgehead atoms. The van der Waals surface area contributed by atoms with E-state index >= 15 is 0 Å². The van der Waals surface area contributed by atoms with Gasteiger partial charge in [0.05, 0.1) is 11.3 Å². The molecule has 1 aromatic rings. The van der Waals surface area contributed by atoms with Crippen molar-refractivity contribution in [2.24, 2.45) is 10.7 Å². The van der Waals surface area contributed by atoms with Gasteiger partial charge in [0.2, 0.25) is 5.91 Å². The molecule has 1 unspecified atom stereocenters. The van der Waals surface area contributed by atoms with Crippen molar-refractivity contribution in [3.05, 3.63) is 29.6 Å². The number of anilines is 1. The molecule has 0 aromatic carbocycles. The lowest BCUT2D eigenvalue weighted by Gasteiger charge is -2.26. The van der Waals surface area contributed by atoms with E-state index in [-0.39, 0.29) is 29.8 Å². The standard InChI is InChI=1S/C26H41F3N6O.C2H6/c1-4-6-11-20(10-5-2)32-17-19(3)25(30)34-23-16-22(21(18-33-23)26(27,28)29)31-13-9-15-35-14-8-7-12-24(35)36;1-2/h16-18,20,32H,4-15H2,1-3H3,(H3,30,31,33,34);1-2H3/b19-17-;. The van der Waals surface area contributed by atoms with Gasteiger partial charge in [-0.3, -0.25) is 4.79 Å². The summed E-state index contributed by atoms with van der Waals surface area (Å²) in [6.45, 7) is 11.6. The minimum Gasteiger partial charge on any atom is -0.388 e. The number of hydrogen-bond donors (Lipinski definition) is 3. The SMILES string of the molecule is CC.CCCCC(CCC)N/C=C(/C)C(N)=Nc1cc(NCCCN2CCCCC2=O)c(C(F)(F)F)cn1. The Morgan fingerprint density at radius 1 is 1.21 bits per heavy atom. The van der Waals surface area contributed by atoms with E-state index in [4.69, 9.17) is 5.73 Å². The number of likely N-dealkylation sites (tertiary alicyclic amines) is 1. The molecule has 0 saturated carbocycles. The summed E-state index contributed by atoms with van der Waals surface area (Å²) in [4.78, 5) is 21.8. The molecule has 10 heteroatoms. The Morgan fingerprint density at radius 3 is 2.58 bits per heavy atom. The molecule has 1 fully saturated rings. The number of carbonyl (C=O) groups is 1. The minimum atomic E-state index is -4.56. The van der Waals surface area contributed by atoms with Crippen LogP contribution in [0.4, 0.5) is 24.7 Å². The van der Waals surface area contributed by atoms with Gasteiger partial charge < -0.3 is 21.3 Å². The van der Waals surface area contributed by atoms with Crippen LogP contribution in [0.2, 0.25) is 0 Å². The third-order valence-corrected chi connectivity index (χ3v) is 6.25. The Labute approximate surface area is 226 Å². The highest BCUT2D eigenvalue weighted by atomic mass is 19.4. The molecule has 1 saturated heterocycles. The Morgan fingerprint density at radius 2 is 1.95 bits per heavy atom. The van der Waals surface area contributed by atoms with E-state index in [1.807, 2.05) is 20.0 Å². The van der Waals surface area contributed by atoms with Crippen molar-refractivity contribution in [1.82, 2.24) is 15.2 Å². The Kier molecular flexibility index (Phi) is 15.5. The normalized spacial score (nSPS) is 15.6. The number of aromatic nitrogens is 1. The third kappa shape index (κ3) is 11.7. The molecule has 1 aliphatic rings. The summed E-state index contributed by atoms with van der Waals surface area (Å²) in [6, 6.07) is 1.61. The second kappa shape index (κ2) is 17.7. The fourth-order valence-corrected chi connectivity index (χ4v) is 4.11.